The van der Waals surface area contributed by atoms with E-state index in [1.54, 1.807) is 20.8 Å². The first-order valence-electron chi connectivity index (χ1n) is 10.4. The SMILES string of the molecule is CC(C)(C)Oc1cc(OCc2ccccc2)cc(N2CCN(S(C)(=O)=O)CC2C(F)(F)F)n1. The van der Waals surface area contributed by atoms with Gasteiger partial charge in [0.25, 0.3) is 0 Å². The second-order valence-electron chi connectivity index (χ2n) is 8.86. The summed E-state index contributed by atoms with van der Waals surface area (Å²) in [5.74, 6) is 0.430. The van der Waals surface area contributed by atoms with Crippen LogP contribution in [-0.4, -0.2) is 61.4 Å². The van der Waals surface area contributed by atoms with E-state index in [0.29, 0.717) is 5.75 Å². The van der Waals surface area contributed by atoms with Gasteiger partial charge in [-0.3, -0.25) is 0 Å². The van der Waals surface area contributed by atoms with E-state index in [1.165, 1.54) is 12.1 Å². The topological polar surface area (TPSA) is 72.0 Å². The molecule has 0 aliphatic carbocycles. The average molecular weight is 488 g/mol. The van der Waals surface area contributed by atoms with Crippen molar-refractivity contribution in [2.24, 2.45) is 0 Å². The van der Waals surface area contributed by atoms with Crippen LogP contribution in [0.15, 0.2) is 42.5 Å². The van der Waals surface area contributed by atoms with Crippen molar-refractivity contribution < 1.29 is 31.1 Å². The van der Waals surface area contributed by atoms with Crippen LogP contribution < -0.4 is 14.4 Å². The lowest BCUT2D eigenvalue weighted by Gasteiger charge is -2.41. The quantitative estimate of drug-likeness (QED) is 0.617. The van der Waals surface area contributed by atoms with Gasteiger partial charge >= 0.3 is 6.18 Å². The van der Waals surface area contributed by atoms with E-state index in [0.717, 1.165) is 21.0 Å². The van der Waals surface area contributed by atoms with E-state index in [4.69, 9.17) is 9.47 Å². The first-order chi connectivity index (χ1) is 15.2. The van der Waals surface area contributed by atoms with Crippen LogP contribution in [-0.2, 0) is 16.6 Å². The first-order valence-corrected chi connectivity index (χ1v) is 12.2. The van der Waals surface area contributed by atoms with E-state index < -0.39 is 34.4 Å². The van der Waals surface area contributed by atoms with Crippen molar-refractivity contribution in [3.63, 3.8) is 0 Å². The molecule has 0 N–H and O–H groups in total. The molecule has 2 heterocycles. The molecule has 1 saturated heterocycles. The number of ether oxygens (including phenoxy) is 2. The fourth-order valence-electron chi connectivity index (χ4n) is 3.42. The summed E-state index contributed by atoms with van der Waals surface area (Å²) in [4.78, 5) is 5.37. The van der Waals surface area contributed by atoms with E-state index in [9.17, 15) is 21.6 Å². The molecule has 2 aromatic rings. The fourth-order valence-corrected chi connectivity index (χ4v) is 4.24. The molecule has 1 aliphatic rings. The maximum atomic E-state index is 13.9. The normalized spacial score (nSPS) is 18.3. The molecule has 182 valence electrons. The molecule has 7 nitrogen and oxygen atoms in total. The maximum Gasteiger partial charge on any atom is 0.410 e. The zero-order chi connectivity index (χ0) is 24.4. The summed E-state index contributed by atoms with van der Waals surface area (Å²) >= 11 is 0. The number of hydrogen-bond acceptors (Lipinski definition) is 6. The van der Waals surface area contributed by atoms with E-state index in [1.807, 2.05) is 30.3 Å². The van der Waals surface area contributed by atoms with Crippen LogP contribution in [0.1, 0.15) is 26.3 Å². The number of anilines is 1. The number of sulfonamides is 1. The van der Waals surface area contributed by atoms with Gasteiger partial charge in [-0.15, -0.1) is 0 Å². The van der Waals surface area contributed by atoms with Crippen LogP contribution >= 0.6 is 0 Å². The van der Waals surface area contributed by atoms with Gasteiger partial charge < -0.3 is 14.4 Å². The van der Waals surface area contributed by atoms with Crippen molar-refractivity contribution in [1.82, 2.24) is 9.29 Å². The molecular formula is C22H28F3N3O4S. The highest BCUT2D eigenvalue weighted by atomic mass is 32.2. The summed E-state index contributed by atoms with van der Waals surface area (Å²) in [6, 6.07) is 10.2. The Balaban J connectivity index is 1.95. The third kappa shape index (κ3) is 6.97. The Kier molecular flexibility index (Phi) is 7.13. The number of piperazine rings is 1. The third-order valence-corrected chi connectivity index (χ3v) is 6.17. The summed E-state index contributed by atoms with van der Waals surface area (Å²) in [5.41, 5.74) is 0.255. The Morgan fingerprint density at radius 3 is 2.33 bits per heavy atom. The summed E-state index contributed by atoms with van der Waals surface area (Å²) in [7, 11) is -3.77. The highest BCUT2D eigenvalue weighted by Crippen LogP contribution is 2.35. The number of nitrogens with zero attached hydrogens (tertiary/aromatic N) is 3. The van der Waals surface area contributed by atoms with Crippen LogP contribution in [0, 0.1) is 0 Å². The standard InChI is InChI=1S/C22H28F3N3O4S/c1-21(2,3)32-20-13-17(31-15-16-8-6-5-7-9-16)12-19(26-20)28-11-10-27(33(4,29)30)14-18(28)22(23,24)25/h5-9,12-13,18H,10-11,14-15H2,1-4H3. The second-order valence-corrected chi connectivity index (χ2v) is 10.8. The van der Waals surface area contributed by atoms with Gasteiger partial charge in [0.15, 0.2) is 0 Å². The van der Waals surface area contributed by atoms with E-state index >= 15 is 0 Å². The van der Waals surface area contributed by atoms with Gasteiger partial charge in [0.1, 0.15) is 29.8 Å². The average Bonchev–Trinajstić information content (AvgIpc) is 2.70. The van der Waals surface area contributed by atoms with Gasteiger partial charge in [-0.05, 0) is 26.3 Å². The Labute approximate surface area is 192 Å². The largest absolute Gasteiger partial charge is 0.489 e. The lowest BCUT2D eigenvalue weighted by molar-refractivity contribution is -0.153. The molecule has 1 aliphatic heterocycles. The molecule has 33 heavy (non-hydrogen) atoms. The van der Waals surface area contributed by atoms with E-state index in [-0.39, 0.29) is 31.4 Å². The Bertz CT molecular complexity index is 1060. The van der Waals surface area contributed by atoms with Gasteiger partial charge in [0.2, 0.25) is 15.9 Å². The maximum absolute atomic E-state index is 13.9. The molecule has 1 unspecified atom stereocenters. The molecule has 1 fully saturated rings. The summed E-state index contributed by atoms with van der Waals surface area (Å²) < 4.78 is 78.0. The number of aromatic nitrogens is 1. The molecule has 1 aromatic carbocycles. The molecule has 0 spiro atoms. The van der Waals surface area contributed by atoms with Gasteiger partial charge in [-0.2, -0.15) is 22.5 Å². The number of alkyl halides is 3. The second kappa shape index (κ2) is 9.38. The zero-order valence-electron chi connectivity index (χ0n) is 19.0. The minimum Gasteiger partial charge on any atom is -0.489 e. The highest BCUT2D eigenvalue weighted by Gasteiger charge is 2.48. The van der Waals surface area contributed by atoms with Gasteiger partial charge in [0, 0.05) is 31.8 Å². The highest BCUT2D eigenvalue weighted by molar-refractivity contribution is 7.88. The zero-order valence-corrected chi connectivity index (χ0v) is 19.8. The predicted molar refractivity (Wildman–Crippen MR) is 119 cm³/mol. The van der Waals surface area contributed by atoms with Crippen molar-refractivity contribution >= 4 is 15.8 Å². The van der Waals surface area contributed by atoms with Crippen molar-refractivity contribution in [1.29, 1.82) is 0 Å². The number of hydrogen-bond donors (Lipinski definition) is 0. The van der Waals surface area contributed by atoms with Gasteiger partial charge in [-0.25, -0.2) is 8.42 Å². The monoisotopic (exact) mass is 487 g/mol. The Hall–Kier alpha value is -2.53. The van der Waals surface area contributed by atoms with Crippen LogP contribution in [0.3, 0.4) is 0 Å². The molecule has 1 aromatic heterocycles. The summed E-state index contributed by atoms with van der Waals surface area (Å²) in [6.07, 6.45) is -3.77. The Morgan fingerprint density at radius 1 is 1.09 bits per heavy atom. The van der Waals surface area contributed by atoms with Gasteiger partial charge in [0.05, 0.1) is 6.26 Å². The molecule has 0 saturated carbocycles. The van der Waals surface area contributed by atoms with Crippen LogP contribution in [0.2, 0.25) is 0 Å². The number of rotatable bonds is 6. The predicted octanol–water partition coefficient (Wildman–Crippen LogP) is 3.85. The molecular weight excluding hydrogens is 459 g/mol. The van der Waals surface area contributed by atoms with Crippen molar-refractivity contribution in [3.05, 3.63) is 48.0 Å². The molecule has 3 rings (SSSR count). The molecule has 11 heteroatoms. The molecule has 0 radical (unpaired) electrons. The lowest BCUT2D eigenvalue weighted by atomic mass is 10.1. The van der Waals surface area contributed by atoms with Crippen molar-refractivity contribution in [2.45, 2.75) is 45.2 Å². The number of pyridine rings is 1. The lowest BCUT2D eigenvalue weighted by Crippen LogP contribution is -2.60. The Morgan fingerprint density at radius 2 is 1.76 bits per heavy atom. The van der Waals surface area contributed by atoms with Crippen molar-refractivity contribution in [2.75, 3.05) is 30.8 Å². The molecule has 0 amide bonds. The number of benzene rings is 1. The molecule has 1 atom stereocenters. The van der Waals surface area contributed by atoms with Gasteiger partial charge in [-0.1, -0.05) is 30.3 Å². The van der Waals surface area contributed by atoms with E-state index in [2.05, 4.69) is 4.98 Å². The van der Waals surface area contributed by atoms with Crippen LogP contribution in [0.4, 0.5) is 19.0 Å². The molecule has 0 bridgehead atoms. The minimum atomic E-state index is -4.67. The summed E-state index contributed by atoms with van der Waals surface area (Å²) in [6.45, 7) is 4.64. The summed E-state index contributed by atoms with van der Waals surface area (Å²) in [5, 5.41) is 0. The van der Waals surface area contributed by atoms with Crippen LogP contribution in [0.5, 0.6) is 11.6 Å². The first kappa shape index (κ1) is 25.1. The van der Waals surface area contributed by atoms with Crippen LogP contribution in [0.25, 0.3) is 0 Å². The van der Waals surface area contributed by atoms with Crippen molar-refractivity contribution in [3.8, 4) is 11.6 Å². The minimum absolute atomic E-state index is 0.00953. The smallest absolute Gasteiger partial charge is 0.410 e. The fraction of sp³-hybridized carbons (Fsp3) is 0.500. The third-order valence-electron chi connectivity index (χ3n) is 4.91. The number of halogens is 3.